The summed E-state index contributed by atoms with van der Waals surface area (Å²) in [5.74, 6) is -4.98. The molecule has 7 atom stereocenters. The average molecular weight is 747 g/mol. The molecule has 7 amide bonds. The summed E-state index contributed by atoms with van der Waals surface area (Å²) in [6.45, 7) is 4.95. The number of carbonyl (C=O) groups is 7. The molecule has 1 aromatic carbocycles. The lowest BCUT2D eigenvalue weighted by Gasteiger charge is -2.28. The normalized spacial score (nSPS) is 25.5. The van der Waals surface area contributed by atoms with Crippen LogP contribution in [0.25, 0.3) is 0 Å². The van der Waals surface area contributed by atoms with E-state index in [1.165, 1.54) is 6.92 Å². The molecule has 1 fully saturated rings. The van der Waals surface area contributed by atoms with E-state index >= 15 is 0 Å². The number of rotatable bonds is 11. The number of nitrogens with two attached hydrogens (primary N) is 3. The predicted molar refractivity (Wildman–Crippen MR) is 196 cm³/mol. The summed E-state index contributed by atoms with van der Waals surface area (Å²) in [5, 5.41) is 28.6. The van der Waals surface area contributed by atoms with Gasteiger partial charge >= 0.3 is 0 Å². The first-order valence-electron chi connectivity index (χ1n) is 18.1. The first kappa shape index (κ1) is 44.5. The Labute approximate surface area is 310 Å². The van der Waals surface area contributed by atoms with Crippen molar-refractivity contribution in [2.24, 2.45) is 23.1 Å². The maximum atomic E-state index is 13.9. The van der Waals surface area contributed by atoms with Crippen LogP contribution in [0.2, 0.25) is 0 Å². The Kier molecular flexibility index (Phi) is 19.4. The van der Waals surface area contributed by atoms with Crippen LogP contribution in [-0.2, 0) is 40.0 Å². The quantitative estimate of drug-likeness (QED) is 0.106. The molecule has 0 aliphatic carbocycles. The molecule has 0 saturated carbocycles. The Bertz CT molecular complexity index is 1380. The minimum atomic E-state index is -1.42. The minimum absolute atomic E-state index is 0.0145. The van der Waals surface area contributed by atoms with E-state index in [4.69, 9.17) is 17.2 Å². The lowest BCUT2D eigenvalue weighted by molar-refractivity contribution is -0.136. The molecule has 296 valence electrons. The highest BCUT2D eigenvalue weighted by Crippen LogP contribution is 2.10. The smallest absolute Gasteiger partial charge is 0.245 e. The fourth-order valence-corrected chi connectivity index (χ4v) is 5.65. The van der Waals surface area contributed by atoms with E-state index in [-0.39, 0.29) is 77.0 Å². The van der Waals surface area contributed by atoms with Gasteiger partial charge in [-0.3, -0.25) is 33.6 Å². The number of nitrogens with one attached hydrogen (secondary N) is 7. The number of hydrogen-bond acceptors (Lipinski definition) is 11. The van der Waals surface area contributed by atoms with Crippen molar-refractivity contribution >= 4 is 41.4 Å². The largest absolute Gasteiger partial charge is 0.391 e. The molecule has 18 nitrogen and oxygen atoms in total. The number of carbonyl (C=O) groups excluding carboxylic acids is 7. The van der Waals surface area contributed by atoms with Gasteiger partial charge in [-0.05, 0) is 70.1 Å². The van der Waals surface area contributed by atoms with Gasteiger partial charge in [0.05, 0.1) is 6.10 Å². The van der Waals surface area contributed by atoms with Crippen LogP contribution in [0.1, 0.15) is 64.9 Å². The second-order valence-corrected chi connectivity index (χ2v) is 13.5. The van der Waals surface area contributed by atoms with Crippen molar-refractivity contribution in [3.8, 4) is 0 Å². The third-order valence-electron chi connectivity index (χ3n) is 8.48. The van der Waals surface area contributed by atoms with Gasteiger partial charge in [0.1, 0.15) is 36.3 Å². The molecule has 2 rings (SSSR count). The monoisotopic (exact) mass is 746 g/mol. The lowest BCUT2D eigenvalue weighted by Crippen LogP contribution is -2.61. The van der Waals surface area contributed by atoms with Crippen LogP contribution in [0.15, 0.2) is 30.3 Å². The fourth-order valence-electron chi connectivity index (χ4n) is 5.65. The molecule has 6 unspecified atom stereocenters. The molecule has 14 N–H and O–H groups in total. The van der Waals surface area contributed by atoms with Crippen LogP contribution in [-0.4, -0.2) is 115 Å². The van der Waals surface area contributed by atoms with Gasteiger partial charge in [0.25, 0.3) is 0 Å². The third-order valence-corrected chi connectivity index (χ3v) is 8.48. The Hall–Kier alpha value is -4.65. The summed E-state index contributed by atoms with van der Waals surface area (Å²) < 4.78 is 0. The molecular formula is C35H58N10O8. The molecule has 0 bridgehead atoms. The van der Waals surface area contributed by atoms with E-state index in [9.17, 15) is 38.7 Å². The van der Waals surface area contributed by atoms with Crippen molar-refractivity contribution in [2.45, 2.75) is 108 Å². The SMILES string of the molecule is CC(C)CC1NC(=O)[C@@H](Cc2ccccc2)NC(=O)C(CCN)NC(=O)CCCNC(=O)C(C(C)O)NC(=O)C(CCN)NC(=O)C(CCN)NC1=O. The molecule has 1 saturated heterocycles. The summed E-state index contributed by atoms with van der Waals surface area (Å²) in [4.78, 5) is 94.0. The van der Waals surface area contributed by atoms with Gasteiger partial charge in [0.2, 0.25) is 41.4 Å². The van der Waals surface area contributed by atoms with Crippen LogP contribution >= 0.6 is 0 Å². The van der Waals surface area contributed by atoms with Gasteiger partial charge in [-0.1, -0.05) is 44.2 Å². The first-order valence-corrected chi connectivity index (χ1v) is 18.1. The van der Waals surface area contributed by atoms with Gasteiger partial charge in [0, 0.05) is 19.4 Å². The van der Waals surface area contributed by atoms with Crippen LogP contribution in [0.3, 0.4) is 0 Å². The molecular weight excluding hydrogens is 688 g/mol. The Balaban J connectivity index is 2.54. The van der Waals surface area contributed by atoms with Gasteiger partial charge in [-0.2, -0.15) is 0 Å². The molecule has 53 heavy (non-hydrogen) atoms. The number of hydrogen-bond donors (Lipinski definition) is 11. The fraction of sp³-hybridized carbons (Fsp3) is 0.629. The second-order valence-electron chi connectivity index (χ2n) is 13.5. The number of aliphatic hydroxyl groups is 1. The molecule has 1 heterocycles. The Morgan fingerprint density at radius 1 is 0.623 bits per heavy atom. The van der Waals surface area contributed by atoms with Crippen LogP contribution in [0.5, 0.6) is 0 Å². The molecule has 0 radical (unpaired) electrons. The van der Waals surface area contributed by atoms with Crippen molar-refractivity contribution in [2.75, 3.05) is 26.2 Å². The second kappa shape index (κ2) is 23.1. The number of aliphatic hydroxyl groups excluding tert-OH is 1. The van der Waals surface area contributed by atoms with Crippen LogP contribution < -0.4 is 54.4 Å². The van der Waals surface area contributed by atoms with E-state index in [0.717, 1.165) is 0 Å². The van der Waals surface area contributed by atoms with Gasteiger partial charge < -0.3 is 59.5 Å². The van der Waals surface area contributed by atoms with Gasteiger partial charge in [0.15, 0.2) is 0 Å². The molecule has 1 aromatic rings. The molecule has 0 aromatic heterocycles. The summed E-state index contributed by atoms with van der Waals surface area (Å²) in [6, 6.07) is 1.56. The predicted octanol–water partition coefficient (Wildman–Crippen LogP) is -3.48. The molecule has 1 aliphatic rings. The van der Waals surface area contributed by atoms with E-state index in [1.807, 2.05) is 13.8 Å². The van der Waals surface area contributed by atoms with Gasteiger partial charge in [-0.25, -0.2) is 0 Å². The van der Waals surface area contributed by atoms with Crippen molar-refractivity contribution in [3.63, 3.8) is 0 Å². The summed E-state index contributed by atoms with van der Waals surface area (Å²) in [6.07, 6.45) is -1.12. The summed E-state index contributed by atoms with van der Waals surface area (Å²) >= 11 is 0. The van der Waals surface area contributed by atoms with E-state index < -0.39 is 83.7 Å². The maximum absolute atomic E-state index is 13.9. The standard InChI is InChI=1S/C35H58N10O8/c1-20(2)18-26-33(51)42-24(12-15-37)31(49)41-25(13-16-38)32(50)45-29(21(3)46)35(53)39-17-7-10-28(47)40-23(11-14-36)30(48)44-27(34(52)43-26)19-22-8-5-4-6-9-22/h4-6,8-9,20-21,23-27,29,46H,7,10-19,36-38H2,1-3H3,(H,39,53)(H,40,47)(H,41,49)(H,42,51)(H,43,52)(H,44,48)(H,45,50)/t21?,23?,24?,25?,26?,27-,29?/m1/s1. The number of amides is 7. The van der Waals surface area contributed by atoms with Crippen LogP contribution in [0.4, 0.5) is 0 Å². The van der Waals surface area contributed by atoms with Crippen LogP contribution in [0, 0.1) is 5.92 Å². The third kappa shape index (κ3) is 15.5. The van der Waals surface area contributed by atoms with E-state index in [0.29, 0.717) is 5.56 Å². The number of benzene rings is 1. The maximum Gasteiger partial charge on any atom is 0.245 e. The van der Waals surface area contributed by atoms with Crippen molar-refractivity contribution in [1.82, 2.24) is 37.2 Å². The Morgan fingerprint density at radius 2 is 1.08 bits per heavy atom. The van der Waals surface area contributed by atoms with Crippen molar-refractivity contribution in [3.05, 3.63) is 35.9 Å². The zero-order valence-corrected chi connectivity index (χ0v) is 30.8. The topological polar surface area (TPSA) is 302 Å². The highest BCUT2D eigenvalue weighted by molar-refractivity contribution is 5.97. The molecule has 18 heteroatoms. The summed E-state index contributed by atoms with van der Waals surface area (Å²) in [5.41, 5.74) is 18.0. The van der Waals surface area contributed by atoms with Crippen molar-refractivity contribution < 1.29 is 38.7 Å². The zero-order valence-electron chi connectivity index (χ0n) is 30.8. The average Bonchev–Trinajstić information content (AvgIpc) is 3.10. The highest BCUT2D eigenvalue weighted by Gasteiger charge is 2.34. The van der Waals surface area contributed by atoms with E-state index in [2.05, 4.69) is 37.2 Å². The molecule has 0 spiro atoms. The van der Waals surface area contributed by atoms with Crippen molar-refractivity contribution in [1.29, 1.82) is 0 Å². The summed E-state index contributed by atoms with van der Waals surface area (Å²) in [7, 11) is 0. The highest BCUT2D eigenvalue weighted by atomic mass is 16.3. The first-order chi connectivity index (χ1) is 25.2. The Morgan fingerprint density at radius 3 is 1.58 bits per heavy atom. The lowest BCUT2D eigenvalue weighted by atomic mass is 10.00. The van der Waals surface area contributed by atoms with E-state index in [1.54, 1.807) is 30.3 Å². The zero-order chi connectivity index (χ0) is 39.5. The minimum Gasteiger partial charge on any atom is -0.391 e. The van der Waals surface area contributed by atoms with Gasteiger partial charge in [-0.15, -0.1) is 0 Å². The molecule has 1 aliphatic heterocycles.